The van der Waals surface area contributed by atoms with Crippen molar-refractivity contribution in [2.75, 3.05) is 37.6 Å². The Morgan fingerprint density at radius 2 is 1.93 bits per heavy atom. The van der Waals surface area contributed by atoms with Gasteiger partial charge in [0, 0.05) is 30.5 Å². The molecule has 1 saturated heterocycles. The van der Waals surface area contributed by atoms with Gasteiger partial charge in [0.05, 0.1) is 37.1 Å². The van der Waals surface area contributed by atoms with Crippen molar-refractivity contribution in [3.05, 3.63) is 29.0 Å². The molecular formula is C21H32ClFN3O2+. The Morgan fingerprint density at radius 1 is 1.29 bits per heavy atom. The molecule has 0 aliphatic carbocycles. The molecule has 1 atom stereocenters. The van der Waals surface area contributed by atoms with Crippen molar-refractivity contribution in [3.8, 4) is 0 Å². The molecule has 0 bridgehead atoms. The van der Waals surface area contributed by atoms with Crippen molar-refractivity contribution in [2.45, 2.75) is 34.1 Å². The molecule has 28 heavy (non-hydrogen) atoms. The molecule has 2 N–H and O–H groups in total. The number of nitrogens with one attached hydrogen (secondary N) is 2. The largest absolute Gasteiger partial charge is 0.350 e. The van der Waals surface area contributed by atoms with Gasteiger partial charge in [0.15, 0.2) is 0 Å². The third kappa shape index (κ3) is 6.45. The topological polar surface area (TPSA) is 53.9 Å². The van der Waals surface area contributed by atoms with Crippen molar-refractivity contribution in [1.29, 1.82) is 0 Å². The number of carbonyl (C=O) groups is 2. The van der Waals surface area contributed by atoms with Crippen LogP contribution in [0.25, 0.3) is 0 Å². The van der Waals surface area contributed by atoms with Crippen LogP contribution in [-0.4, -0.2) is 44.5 Å². The van der Waals surface area contributed by atoms with Crippen molar-refractivity contribution in [2.24, 2.45) is 17.8 Å². The monoisotopic (exact) mass is 412 g/mol. The smallest absolute Gasteiger partial charge is 0.227 e. The van der Waals surface area contributed by atoms with Crippen LogP contribution in [0.15, 0.2) is 18.2 Å². The molecule has 1 aliphatic rings. The van der Waals surface area contributed by atoms with E-state index in [1.807, 2.05) is 0 Å². The van der Waals surface area contributed by atoms with Gasteiger partial charge in [-0.3, -0.25) is 9.59 Å². The third-order valence-corrected chi connectivity index (χ3v) is 5.17. The van der Waals surface area contributed by atoms with E-state index in [4.69, 9.17) is 11.6 Å². The zero-order valence-corrected chi connectivity index (χ0v) is 18.0. The normalized spacial score (nSPS) is 17.2. The Hall–Kier alpha value is -1.66. The second-order valence-electron chi connectivity index (χ2n) is 8.49. The van der Waals surface area contributed by atoms with E-state index in [1.54, 1.807) is 0 Å². The molecule has 2 rings (SSSR count). The minimum atomic E-state index is -0.527. The number of carbonyl (C=O) groups excluding carboxylic acids is 2. The van der Waals surface area contributed by atoms with E-state index in [2.05, 4.69) is 33.0 Å². The molecule has 0 spiro atoms. The number of hydrogen-bond donors (Lipinski definition) is 2. The lowest BCUT2D eigenvalue weighted by molar-refractivity contribution is -0.904. The number of amides is 2. The highest BCUT2D eigenvalue weighted by Gasteiger charge is 2.35. The summed E-state index contributed by atoms with van der Waals surface area (Å²) in [6.45, 7) is 12.8. The molecule has 1 fully saturated rings. The average molecular weight is 413 g/mol. The van der Waals surface area contributed by atoms with Crippen molar-refractivity contribution < 1.29 is 18.9 Å². The standard InChI is InChI=1S/C21H31ClFN3O2/c1-14(2)11-25(12-15(3)4)8-7-24-21(28)16-9-20(27)26(13-16)17-5-6-19(23)18(22)10-17/h5-6,10,14-16H,7-9,11-13H2,1-4H3,(H,24,28)/p+1. The molecule has 1 aromatic rings. The summed E-state index contributed by atoms with van der Waals surface area (Å²) in [4.78, 5) is 27.8. The zero-order chi connectivity index (χ0) is 20.8. The summed E-state index contributed by atoms with van der Waals surface area (Å²) in [5.41, 5.74) is 0.524. The number of halogens is 2. The van der Waals surface area contributed by atoms with Crippen LogP contribution in [0.5, 0.6) is 0 Å². The third-order valence-electron chi connectivity index (χ3n) is 4.88. The molecule has 1 aromatic carbocycles. The lowest BCUT2D eigenvalue weighted by atomic mass is 10.1. The molecule has 7 heteroatoms. The van der Waals surface area contributed by atoms with Crippen LogP contribution in [0.3, 0.4) is 0 Å². The summed E-state index contributed by atoms with van der Waals surface area (Å²) >= 11 is 5.81. The fraction of sp³-hybridized carbons (Fsp3) is 0.619. The van der Waals surface area contributed by atoms with Crippen LogP contribution in [0.4, 0.5) is 10.1 Å². The number of nitrogens with zero attached hydrogens (tertiary/aromatic N) is 1. The molecule has 1 unspecified atom stereocenters. The molecule has 0 aromatic heterocycles. The molecular weight excluding hydrogens is 381 g/mol. The summed E-state index contributed by atoms with van der Waals surface area (Å²) < 4.78 is 13.3. The van der Waals surface area contributed by atoms with Gasteiger partial charge in [-0.05, 0) is 18.2 Å². The average Bonchev–Trinajstić information content (AvgIpc) is 2.98. The highest BCUT2D eigenvalue weighted by Crippen LogP contribution is 2.28. The Kier molecular flexibility index (Phi) is 8.25. The highest BCUT2D eigenvalue weighted by molar-refractivity contribution is 6.31. The Balaban J connectivity index is 1.87. The zero-order valence-electron chi connectivity index (χ0n) is 17.2. The van der Waals surface area contributed by atoms with E-state index in [1.165, 1.54) is 28.0 Å². The summed E-state index contributed by atoms with van der Waals surface area (Å²) in [7, 11) is 0. The van der Waals surface area contributed by atoms with E-state index < -0.39 is 11.7 Å². The Bertz CT molecular complexity index is 686. The van der Waals surface area contributed by atoms with Gasteiger partial charge in [-0.15, -0.1) is 0 Å². The van der Waals surface area contributed by atoms with E-state index >= 15 is 0 Å². The predicted octanol–water partition coefficient (Wildman–Crippen LogP) is 2.15. The lowest BCUT2D eigenvalue weighted by Crippen LogP contribution is -3.13. The maximum absolute atomic E-state index is 13.3. The number of quaternary nitrogens is 1. The SMILES string of the molecule is CC(C)C[NH+](CCNC(=O)C1CC(=O)N(c2ccc(F)c(Cl)c2)C1)CC(C)C. The maximum Gasteiger partial charge on any atom is 0.227 e. The van der Waals surface area contributed by atoms with Crippen LogP contribution < -0.4 is 15.1 Å². The van der Waals surface area contributed by atoms with E-state index in [9.17, 15) is 14.0 Å². The van der Waals surface area contributed by atoms with Gasteiger partial charge in [0.1, 0.15) is 5.82 Å². The minimum absolute atomic E-state index is 0.0310. The maximum atomic E-state index is 13.3. The number of anilines is 1. The van der Waals surface area contributed by atoms with Crippen LogP contribution in [-0.2, 0) is 9.59 Å². The van der Waals surface area contributed by atoms with E-state index in [0.717, 1.165) is 19.6 Å². The first-order valence-electron chi connectivity index (χ1n) is 10.0. The fourth-order valence-electron chi connectivity index (χ4n) is 3.73. The molecule has 0 saturated carbocycles. The van der Waals surface area contributed by atoms with Crippen molar-refractivity contribution in [1.82, 2.24) is 5.32 Å². The molecule has 1 aliphatic heterocycles. The summed E-state index contributed by atoms with van der Waals surface area (Å²) in [6, 6.07) is 4.17. The van der Waals surface area contributed by atoms with Crippen LogP contribution in [0.1, 0.15) is 34.1 Å². The van der Waals surface area contributed by atoms with Gasteiger partial charge in [-0.2, -0.15) is 0 Å². The number of benzene rings is 1. The molecule has 0 radical (unpaired) electrons. The van der Waals surface area contributed by atoms with Gasteiger partial charge >= 0.3 is 0 Å². The van der Waals surface area contributed by atoms with Crippen LogP contribution >= 0.6 is 11.6 Å². The van der Waals surface area contributed by atoms with Crippen molar-refractivity contribution in [3.63, 3.8) is 0 Å². The van der Waals surface area contributed by atoms with Crippen molar-refractivity contribution >= 4 is 29.1 Å². The highest BCUT2D eigenvalue weighted by atomic mass is 35.5. The number of hydrogen-bond acceptors (Lipinski definition) is 2. The summed E-state index contributed by atoms with van der Waals surface area (Å²) in [5, 5.41) is 2.96. The Morgan fingerprint density at radius 3 is 2.50 bits per heavy atom. The molecule has 1 heterocycles. The lowest BCUT2D eigenvalue weighted by Gasteiger charge is -2.23. The van der Waals surface area contributed by atoms with Crippen LogP contribution in [0.2, 0.25) is 5.02 Å². The first kappa shape index (κ1) is 22.6. The van der Waals surface area contributed by atoms with E-state index in [-0.39, 0.29) is 23.3 Å². The summed E-state index contributed by atoms with van der Waals surface area (Å²) in [6.07, 6.45) is 0.162. The van der Waals surface area contributed by atoms with Gasteiger partial charge < -0.3 is 15.1 Å². The first-order chi connectivity index (χ1) is 13.2. The second kappa shape index (κ2) is 10.2. The fourth-order valence-corrected chi connectivity index (χ4v) is 3.91. The molecule has 5 nitrogen and oxygen atoms in total. The van der Waals surface area contributed by atoms with Gasteiger partial charge in [-0.25, -0.2) is 4.39 Å². The van der Waals surface area contributed by atoms with E-state index in [0.29, 0.717) is 30.6 Å². The van der Waals surface area contributed by atoms with Gasteiger partial charge in [-0.1, -0.05) is 39.3 Å². The Labute approximate surface area is 172 Å². The quantitative estimate of drug-likeness (QED) is 0.653. The van der Waals surface area contributed by atoms with Gasteiger partial charge in [0.25, 0.3) is 0 Å². The molecule has 156 valence electrons. The second-order valence-corrected chi connectivity index (χ2v) is 8.90. The predicted molar refractivity (Wildman–Crippen MR) is 110 cm³/mol. The van der Waals surface area contributed by atoms with Gasteiger partial charge in [0.2, 0.25) is 11.8 Å². The number of rotatable bonds is 9. The van der Waals surface area contributed by atoms with Crippen LogP contribution in [0, 0.1) is 23.6 Å². The minimum Gasteiger partial charge on any atom is -0.350 e. The first-order valence-corrected chi connectivity index (χ1v) is 10.4. The summed E-state index contributed by atoms with van der Waals surface area (Å²) in [5.74, 6) is 0.0457. The molecule has 2 amide bonds.